The van der Waals surface area contributed by atoms with E-state index in [4.69, 9.17) is 36.3 Å². The highest BCUT2D eigenvalue weighted by Crippen LogP contribution is 2.47. The van der Waals surface area contributed by atoms with E-state index in [0.717, 1.165) is 88.0 Å². The van der Waals surface area contributed by atoms with Crippen LogP contribution >= 0.6 is 24.2 Å². The molecule has 2 aromatic rings. The fraction of sp³-hybridized carbons (Fsp3) is 0.675. The monoisotopic (exact) mass is 729 g/mol. The van der Waals surface area contributed by atoms with E-state index >= 15 is 0 Å². The van der Waals surface area contributed by atoms with Gasteiger partial charge >= 0.3 is 0 Å². The van der Waals surface area contributed by atoms with Crippen molar-refractivity contribution < 1.29 is 23.7 Å². The van der Waals surface area contributed by atoms with E-state index in [1.807, 2.05) is 18.2 Å². The lowest BCUT2D eigenvalue weighted by atomic mass is 9.65. The number of halogens is 1. The molecule has 6 rings (SSSR count). The molecule has 0 radical (unpaired) electrons. The van der Waals surface area contributed by atoms with Crippen molar-refractivity contribution in [3.63, 3.8) is 0 Å². The molecule has 3 aliphatic heterocycles. The summed E-state index contributed by atoms with van der Waals surface area (Å²) in [6.45, 7) is 12.6. The van der Waals surface area contributed by atoms with Gasteiger partial charge < -0.3 is 34.9 Å². The van der Waals surface area contributed by atoms with Crippen molar-refractivity contribution in [2.24, 2.45) is 29.4 Å². The van der Waals surface area contributed by atoms with Gasteiger partial charge in [-0.15, -0.1) is 0 Å². The van der Waals surface area contributed by atoms with Crippen molar-refractivity contribution in [3.05, 3.63) is 58.1 Å². The van der Waals surface area contributed by atoms with E-state index in [1.165, 1.54) is 30.4 Å². The number of methoxy groups -OCH3 is 1. The maximum Gasteiger partial charge on any atom is 0.248 e. The number of benzene rings is 2. The van der Waals surface area contributed by atoms with E-state index in [-0.39, 0.29) is 12.2 Å². The molecule has 6 unspecified atom stereocenters. The molecule has 3 heterocycles. The van der Waals surface area contributed by atoms with Crippen molar-refractivity contribution in [1.82, 2.24) is 5.32 Å². The van der Waals surface area contributed by atoms with Crippen LogP contribution in [0.25, 0.3) is 0 Å². The molecule has 8 nitrogen and oxygen atoms in total. The second-order valence-electron chi connectivity index (χ2n) is 14.8. The van der Waals surface area contributed by atoms with Gasteiger partial charge in [0.15, 0.2) is 6.29 Å². The highest BCUT2D eigenvalue weighted by molar-refractivity contribution is 7.80. The van der Waals surface area contributed by atoms with Gasteiger partial charge in [-0.3, -0.25) is 4.79 Å². The van der Waals surface area contributed by atoms with Gasteiger partial charge in [0.2, 0.25) is 5.91 Å². The Balaban J connectivity index is 0.000000732. The van der Waals surface area contributed by atoms with Crippen LogP contribution in [0.5, 0.6) is 5.75 Å². The zero-order valence-corrected chi connectivity index (χ0v) is 32.2. The van der Waals surface area contributed by atoms with Crippen LogP contribution in [0, 0.1) is 23.7 Å². The molecule has 3 N–H and O–H groups in total. The number of nitrogens with two attached hydrogens (primary N) is 1. The first-order valence-electron chi connectivity index (χ1n) is 18.9. The molecule has 0 spiro atoms. The van der Waals surface area contributed by atoms with Crippen molar-refractivity contribution >= 4 is 35.8 Å². The second kappa shape index (κ2) is 19.2. The Labute approximate surface area is 310 Å². The molecule has 278 valence electrons. The summed E-state index contributed by atoms with van der Waals surface area (Å²) in [5, 5.41) is 4.25. The minimum atomic E-state index is -0.422. The summed E-state index contributed by atoms with van der Waals surface area (Å²) in [6.07, 6.45) is 9.17. The second-order valence-corrected chi connectivity index (χ2v) is 16.1. The number of primary amides is 1. The van der Waals surface area contributed by atoms with Gasteiger partial charge in [0, 0.05) is 61.0 Å². The Kier molecular flexibility index (Phi) is 15.0. The lowest BCUT2D eigenvalue weighted by Crippen LogP contribution is -2.47. The average Bonchev–Trinajstić information content (AvgIpc) is 3.25. The summed E-state index contributed by atoms with van der Waals surface area (Å²) in [6, 6.07) is 11.9. The van der Waals surface area contributed by atoms with Gasteiger partial charge in [0.25, 0.3) is 0 Å². The number of aryl methyl sites for hydroxylation is 1. The molecule has 6 atom stereocenters. The van der Waals surface area contributed by atoms with Crippen LogP contribution in [0.3, 0.4) is 0 Å². The zero-order chi connectivity index (χ0) is 35.6. The number of hydrogen-bond donors (Lipinski definition) is 3. The summed E-state index contributed by atoms with van der Waals surface area (Å²) in [5.41, 5.74) is 9.79. The van der Waals surface area contributed by atoms with Crippen LogP contribution < -0.4 is 20.7 Å². The fourth-order valence-electron chi connectivity index (χ4n) is 7.79. The number of nitrogens with one attached hydrogen (secondary N) is 1. The molecular weight excluding hydrogens is 670 g/mol. The summed E-state index contributed by atoms with van der Waals surface area (Å²) in [7, 11) is 1.74. The largest absolute Gasteiger partial charge is 0.491 e. The summed E-state index contributed by atoms with van der Waals surface area (Å²) in [4.78, 5) is 14.7. The van der Waals surface area contributed by atoms with Crippen LogP contribution in [0.2, 0.25) is 5.02 Å². The van der Waals surface area contributed by atoms with Crippen LogP contribution in [-0.2, 0) is 20.6 Å². The Hall–Kier alpha value is -2.01. The first-order valence-corrected chi connectivity index (χ1v) is 19.8. The number of hydrogen-bond acceptors (Lipinski definition) is 8. The van der Waals surface area contributed by atoms with Gasteiger partial charge in [-0.1, -0.05) is 51.3 Å². The molecule has 1 amide bonds. The van der Waals surface area contributed by atoms with E-state index in [1.54, 1.807) is 13.2 Å². The summed E-state index contributed by atoms with van der Waals surface area (Å²) < 4.78 is 23.9. The summed E-state index contributed by atoms with van der Waals surface area (Å²) >= 11 is 11.1. The van der Waals surface area contributed by atoms with Crippen LogP contribution in [-0.4, -0.2) is 76.7 Å². The molecule has 4 aliphatic rings. The minimum absolute atomic E-state index is 0.125. The number of nitrogens with zero attached hydrogens (tertiary/aromatic N) is 1. The lowest BCUT2D eigenvalue weighted by molar-refractivity contribution is -0.224. The van der Waals surface area contributed by atoms with Gasteiger partial charge in [-0.25, -0.2) is 0 Å². The maximum absolute atomic E-state index is 12.2. The first-order chi connectivity index (χ1) is 24.2. The van der Waals surface area contributed by atoms with Crippen LogP contribution in [0.4, 0.5) is 5.69 Å². The molecule has 0 bridgehead atoms. The van der Waals surface area contributed by atoms with Gasteiger partial charge in [0.05, 0.1) is 31.6 Å². The Bertz CT molecular complexity index is 1370. The number of fused-ring (bicyclic) bond motifs is 1. The molecule has 1 aliphatic carbocycles. The SMILES string of the molecule is CCCc1cc(Cl)ccc1C1COc2ccc(C(N)=O)cc2N(CC2CCC2C(CCCC(C)C(C)S)C2OCCCO2)C1.COC1CNC1. The quantitative estimate of drug-likeness (QED) is 0.173. The van der Waals surface area contributed by atoms with E-state index in [2.05, 4.69) is 55.7 Å². The highest BCUT2D eigenvalue weighted by Gasteiger charge is 2.43. The normalized spacial score (nSPS) is 24.3. The highest BCUT2D eigenvalue weighted by atomic mass is 35.5. The Morgan fingerprint density at radius 3 is 2.50 bits per heavy atom. The van der Waals surface area contributed by atoms with E-state index < -0.39 is 5.91 Å². The zero-order valence-electron chi connectivity index (χ0n) is 30.6. The third kappa shape index (κ3) is 10.3. The minimum Gasteiger partial charge on any atom is -0.491 e. The molecule has 10 heteroatoms. The average molecular weight is 730 g/mol. The summed E-state index contributed by atoms with van der Waals surface area (Å²) in [5.74, 6) is 2.54. The lowest BCUT2D eigenvalue weighted by Gasteiger charge is -2.47. The number of rotatable bonds is 14. The number of carbonyl (C=O) groups is 1. The topological polar surface area (TPSA) is 95.3 Å². The van der Waals surface area contributed by atoms with Crippen LogP contribution in [0.15, 0.2) is 36.4 Å². The van der Waals surface area contributed by atoms with E-state index in [0.29, 0.717) is 47.2 Å². The predicted molar refractivity (Wildman–Crippen MR) is 206 cm³/mol. The van der Waals surface area contributed by atoms with Crippen molar-refractivity contribution in [2.75, 3.05) is 58.0 Å². The maximum atomic E-state index is 12.2. The standard InChI is InChI=1S/C36H51ClN2O4S.C4H9NO/c1-4-7-25-18-29(37)12-14-30(25)28-21-39(33-19-26(35(38)40)11-15-34(33)43-22-28)20-27-10-13-31(27)32(36-41-16-6-17-42-36)9-5-8-23(2)24(3)44;1-6-4-2-5-3-4/h11-12,14-15,18-19,23-24,27-28,31-32,36,44H,4-10,13,16-17,20-22H2,1-3H3,(H2,38,40);4-5H,2-3H2,1H3. The fourth-order valence-corrected chi connectivity index (χ4v) is 8.13. The van der Waals surface area contributed by atoms with Crippen molar-refractivity contribution in [2.45, 2.75) is 95.7 Å². The van der Waals surface area contributed by atoms with Crippen molar-refractivity contribution in [3.8, 4) is 5.75 Å². The number of ether oxygens (including phenoxy) is 4. The number of anilines is 1. The Morgan fingerprint density at radius 1 is 1.12 bits per heavy atom. The predicted octanol–water partition coefficient (Wildman–Crippen LogP) is 7.51. The smallest absolute Gasteiger partial charge is 0.248 e. The van der Waals surface area contributed by atoms with Gasteiger partial charge in [0.1, 0.15) is 5.75 Å². The Morgan fingerprint density at radius 2 is 1.90 bits per heavy atom. The third-order valence-electron chi connectivity index (χ3n) is 11.3. The first kappa shape index (κ1) is 39.2. The van der Waals surface area contributed by atoms with E-state index in [9.17, 15) is 4.79 Å². The molecule has 3 fully saturated rings. The van der Waals surface area contributed by atoms with Gasteiger partial charge in [-0.2, -0.15) is 12.6 Å². The van der Waals surface area contributed by atoms with Gasteiger partial charge in [-0.05, 0) is 97.7 Å². The molecule has 1 saturated carbocycles. The number of thiol groups is 1. The molecule has 2 aromatic carbocycles. The molecule has 50 heavy (non-hydrogen) atoms. The number of amides is 1. The molecular formula is C40H60ClN3O5S. The van der Waals surface area contributed by atoms with Crippen LogP contribution in [0.1, 0.15) is 93.1 Å². The number of carbonyl (C=O) groups excluding carboxylic acids is 1. The molecule has 2 saturated heterocycles. The molecule has 0 aromatic heterocycles. The third-order valence-corrected chi connectivity index (χ3v) is 12.1. The van der Waals surface area contributed by atoms with Crippen molar-refractivity contribution in [1.29, 1.82) is 0 Å².